The van der Waals surface area contributed by atoms with E-state index in [0.29, 0.717) is 0 Å². The van der Waals surface area contributed by atoms with E-state index in [9.17, 15) is 12.8 Å². The van der Waals surface area contributed by atoms with Gasteiger partial charge in [-0.25, -0.2) is 12.8 Å². The molecule has 1 aliphatic carbocycles. The first-order valence-electron chi connectivity index (χ1n) is 6.32. The van der Waals surface area contributed by atoms with Gasteiger partial charge in [0.25, 0.3) is 0 Å². The van der Waals surface area contributed by atoms with Gasteiger partial charge in [0.2, 0.25) is 0 Å². The highest BCUT2D eigenvalue weighted by Gasteiger charge is 2.57. The fraction of sp³-hybridized carbons (Fsp3) is 0.200. The quantitative estimate of drug-likeness (QED) is 0.942. The Balaban J connectivity index is 1.91. The number of nitrogens with two attached hydrogens (primary N) is 1. The van der Waals surface area contributed by atoms with Crippen molar-refractivity contribution in [1.29, 1.82) is 0 Å². The number of halogens is 1. The highest BCUT2D eigenvalue weighted by molar-refractivity contribution is 7.92. The summed E-state index contributed by atoms with van der Waals surface area (Å²) in [5.41, 5.74) is 6.70. The maximum absolute atomic E-state index is 12.9. The lowest BCUT2D eigenvalue weighted by atomic mass is 10.1. The third-order valence-corrected chi connectivity index (χ3v) is 5.95. The van der Waals surface area contributed by atoms with Crippen molar-refractivity contribution in [2.75, 3.05) is 0 Å². The molecule has 1 fully saturated rings. The zero-order valence-electron chi connectivity index (χ0n) is 10.6. The Morgan fingerprint density at radius 3 is 2.15 bits per heavy atom. The van der Waals surface area contributed by atoms with Crippen molar-refractivity contribution in [3.05, 3.63) is 66.0 Å². The summed E-state index contributed by atoms with van der Waals surface area (Å²) in [6.07, 6.45) is 0. The molecule has 0 amide bonds. The van der Waals surface area contributed by atoms with E-state index < -0.39 is 21.1 Å². The van der Waals surface area contributed by atoms with Crippen molar-refractivity contribution in [3.63, 3.8) is 0 Å². The minimum atomic E-state index is -3.44. The zero-order valence-corrected chi connectivity index (χ0v) is 11.4. The van der Waals surface area contributed by atoms with E-state index in [1.54, 1.807) is 42.5 Å². The summed E-state index contributed by atoms with van der Waals surface area (Å²) in [5.74, 6) is -0.605. The minimum absolute atomic E-state index is 0.263. The van der Waals surface area contributed by atoms with Crippen molar-refractivity contribution >= 4 is 9.84 Å². The average Bonchev–Trinajstić information content (AvgIpc) is 3.13. The summed E-state index contributed by atoms with van der Waals surface area (Å²) in [5, 5.41) is -0.629. The van der Waals surface area contributed by atoms with Crippen LogP contribution in [-0.4, -0.2) is 19.7 Å². The van der Waals surface area contributed by atoms with Gasteiger partial charge >= 0.3 is 0 Å². The van der Waals surface area contributed by atoms with E-state index in [1.807, 2.05) is 0 Å². The molecule has 0 aliphatic heterocycles. The van der Waals surface area contributed by atoms with Crippen LogP contribution >= 0.6 is 0 Å². The van der Waals surface area contributed by atoms with Crippen LogP contribution in [0.5, 0.6) is 0 Å². The predicted molar refractivity (Wildman–Crippen MR) is 74.5 cm³/mol. The number of hydrogen-bond acceptors (Lipinski definition) is 3. The van der Waals surface area contributed by atoms with Gasteiger partial charge in [0.05, 0.1) is 10.1 Å². The second-order valence-corrected chi connectivity index (χ2v) is 7.08. The molecule has 0 heterocycles. The summed E-state index contributed by atoms with van der Waals surface area (Å²) in [6, 6.07) is 13.7. The van der Waals surface area contributed by atoms with Gasteiger partial charge in [-0.1, -0.05) is 30.3 Å². The largest absolute Gasteiger partial charge is 0.326 e. The molecule has 2 aromatic carbocycles. The molecule has 1 saturated carbocycles. The molecule has 2 N–H and O–H groups in total. The molecule has 3 atom stereocenters. The van der Waals surface area contributed by atoms with Crippen LogP contribution in [0.4, 0.5) is 4.39 Å². The summed E-state index contributed by atoms with van der Waals surface area (Å²) in [7, 11) is -3.44. The van der Waals surface area contributed by atoms with Gasteiger partial charge in [-0.3, -0.25) is 0 Å². The Labute approximate surface area is 117 Å². The lowest BCUT2D eigenvalue weighted by molar-refractivity contribution is 0.593. The van der Waals surface area contributed by atoms with Crippen LogP contribution in [0.3, 0.4) is 0 Å². The molecule has 3 nitrogen and oxygen atoms in total. The molecule has 0 spiro atoms. The first-order valence-corrected chi connectivity index (χ1v) is 7.86. The normalized spacial score (nSPS) is 25.4. The monoisotopic (exact) mass is 291 g/mol. The van der Waals surface area contributed by atoms with Crippen molar-refractivity contribution in [2.24, 2.45) is 5.73 Å². The Hall–Kier alpha value is -1.72. The second-order valence-electron chi connectivity index (χ2n) is 4.98. The molecular weight excluding hydrogens is 277 g/mol. The number of benzene rings is 2. The number of rotatable bonds is 3. The second kappa shape index (κ2) is 4.68. The first-order chi connectivity index (χ1) is 9.51. The summed E-state index contributed by atoms with van der Waals surface area (Å²) >= 11 is 0. The van der Waals surface area contributed by atoms with Crippen LogP contribution in [0.15, 0.2) is 59.5 Å². The van der Waals surface area contributed by atoms with Crippen LogP contribution in [0.1, 0.15) is 11.5 Å². The van der Waals surface area contributed by atoms with Crippen LogP contribution < -0.4 is 5.73 Å². The Bertz CT molecular complexity index is 713. The molecular formula is C15H14FNO2S. The van der Waals surface area contributed by atoms with Crippen molar-refractivity contribution in [2.45, 2.75) is 22.1 Å². The molecule has 0 aromatic heterocycles. The molecule has 3 rings (SSSR count). The fourth-order valence-electron chi connectivity index (χ4n) is 2.57. The molecule has 0 saturated heterocycles. The van der Waals surface area contributed by atoms with Crippen molar-refractivity contribution in [3.8, 4) is 0 Å². The Morgan fingerprint density at radius 2 is 1.55 bits per heavy atom. The first kappa shape index (κ1) is 13.3. The Morgan fingerprint density at radius 1 is 0.950 bits per heavy atom. The molecule has 0 unspecified atom stereocenters. The molecule has 0 bridgehead atoms. The SMILES string of the molecule is N[C@@H]1[C@H](c2ccc(F)cc2)[C@@H]1S(=O)(=O)c1ccccc1. The molecule has 0 radical (unpaired) electrons. The van der Waals surface area contributed by atoms with Crippen LogP contribution in [0, 0.1) is 5.82 Å². The van der Waals surface area contributed by atoms with Gasteiger partial charge in [-0.05, 0) is 29.8 Å². The highest BCUT2D eigenvalue weighted by atomic mass is 32.2. The standard InChI is InChI=1S/C15H14FNO2S/c16-11-8-6-10(7-9-11)13-14(17)15(13)20(18,19)12-4-2-1-3-5-12/h1-9,13-15H,17H2/t13-,14+,15-/m0/s1. The van der Waals surface area contributed by atoms with Crippen LogP contribution in [-0.2, 0) is 9.84 Å². The number of hydrogen-bond donors (Lipinski definition) is 1. The number of sulfone groups is 1. The lowest BCUT2D eigenvalue weighted by Crippen LogP contribution is -2.15. The topological polar surface area (TPSA) is 60.2 Å². The molecule has 20 heavy (non-hydrogen) atoms. The van der Waals surface area contributed by atoms with E-state index in [-0.39, 0.29) is 16.6 Å². The molecule has 1 aliphatic rings. The molecule has 2 aromatic rings. The molecule has 104 valence electrons. The van der Waals surface area contributed by atoms with Gasteiger partial charge in [0.1, 0.15) is 5.82 Å². The van der Waals surface area contributed by atoms with E-state index in [0.717, 1.165) is 5.56 Å². The lowest BCUT2D eigenvalue weighted by Gasteiger charge is -2.03. The van der Waals surface area contributed by atoms with Gasteiger partial charge in [-0.15, -0.1) is 0 Å². The molecule has 5 heteroatoms. The van der Waals surface area contributed by atoms with Crippen LogP contribution in [0.25, 0.3) is 0 Å². The summed E-state index contributed by atoms with van der Waals surface area (Å²) < 4.78 is 37.9. The van der Waals surface area contributed by atoms with Crippen LogP contribution in [0.2, 0.25) is 0 Å². The minimum Gasteiger partial charge on any atom is -0.326 e. The summed E-state index contributed by atoms with van der Waals surface area (Å²) in [6.45, 7) is 0. The fourth-order valence-corrected chi connectivity index (χ4v) is 4.64. The van der Waals surface area contributed by atoms with Gasteiger partial charge < -0.3 is 5.73 Å². The van der Waals surface area contributed by atoms with E-state index in [1.165, 1.54) is 12.1 Å². The van der Waals surface area contributed by atoms with Crippen molar-refractivity contribution in [1.82, 2.24) is 0 Å². The zero-order chi connectivity index (χ0) is 14.3. The third kappa shape index (κ3) is 2.13. The maximum Gasteiger partial charge on any atom is 0.183 e. The Kier molecular flexibility index (Phi) is 3.11. The van der Waals surface area contributed by atoms with E-state index in [4.69, 9.17) is 5.73 Å². The highest BCUT2D eigenvalue weighted by Crippen LogP contribution is 2.46. The third-order valence-electron chi connectivity index (χ3n) is 3.69. The van der Waals surface area contributed by atoms with E-state index in [2.05, 4.69) is 0 Å². The van der Waals surface area contributed by atoms with Gasteiger partial charge in [0.15, 0.2) is 9.84 Å². The maximum atomic E-state index is 12.9. The van der Waals surface area contributed by atoms with Gasteiger partial charge in [-0.2, -0.15) is 0 Å². The van der Waals surface area contributed by atoms with E-state index >= 15 is 0 Å². The average molecular weight is 291 g/mol. The van der Waals surface area contributed by atoms with Crippen molar-refractivity contribution < 1.29 is 12.8 Å². The smallest absolute Gasteiger partial charge is 0.183 e. The summed E-state index contributed by atoms with van der Waals surface area (Å²) in [4.78, 5) is 0.282. The predicted octanol–water partition coefficient (Wildman–Crippen LogP) is 2.09. The van der Waals surface area contributed by atoms with Gasteiger partial charge in [0, 0.05) is 12.0 Å².